The molecule has 90 valence electrons. The van der Waals surface area contributed by atoms with E-state index in [1.54, 1.807) is 32.5 Å². The van der Waals surface area contributed by atoms with Crippen molar-refractivity contribution in [3.63, 3.8) is 0 Å². The molecule has 0 N–H and O–H groups in total. The topological polar surface area (TPSA) is 55.1 Å². The number of hydrogen-bond donors (Lipinski definition) is 0. The number of rotatable bonds is 3. The van der Waals surface area contributed by atoms with Crippen LogP contribution >= 0.6 is 0 Å². The molecule has 0 aliphatic carbocycles. The molecule has 18 heavy (non-hydrogen) atoms. The maximum Gasteiger partial charge on any atom is 0.140 e. The molecular weight excluding hydrogens is 228 g/mol. The fraction of sp³-hybridized carbons (Fsp3) is 0.143. The minimum atomic E-state index is 0.397. The summed E-state index contributed by atoms with van der Waals surface area (Å²) >= 11 is 0. The summed E-state index contributed by atoms with van der Waals surface area (Å²) in [5, 5.41) is 8.71. The predicted octanol–water partition coefficient (Wildman–Crippen LogP) is 2.64. The lowest BCUT2D eigenvalue weighted by molar-refractivity contribution is 0.394. The molecule has 0 aliphatic heterocycles. The van der Waals surface area contributed by atoms with Crippen LogP contribution in [0.1, 0.15) is 5.69 Å². The minimum Gasteiger partial charge on any atom is -0.497 e. The summed E-state index contributed by atoms with van der Waals surface area (Å²) in [6, 6.07) is 11.1. The molecule has 0 saturated heterocycles. The number of methoxy groups -OCH3 is 2. The van der Waals surface area contributed by atoms with Gasteiger partial charge in [0.15, 0.2) is 0 Å². The van der Waals surface area contributed by atoms with E-state index in [-0.39, 0.29) is 0 Å². The molecule has 0 radical (unpaired) electrons. The summed E-state index contributed by atoms with van der Waals surface area (Å²) in [5.41, 5.74) is 2.24. The Labute approximate surface area is 105 Å². The first-order valence-corrected chi connectivity index (χ1v) is 5.36. The Bertz CT molecular complexity index is 563. The van der Waals surface area contributed by atoms with Gasteiger partial charge < -0.3 is 9.47 Å². The number of hydrogen-bond acceptors (Lipinski definition) is 4. The van der Waals surface area contributed by atoms with Crippen molar-refractivity contribution in [3.05, 3.63) is 42.2 Å². The molecule has 1 heterocycles. The highest BCUT2D eigenvalue weighted by atomic mass is 16.5. The lowest BCUT2D eigenvalue weighted by Gasteiger charge is -2.08. The van der Waals surface area contributed by atoms with Crippen molar-refractivity contribution < 1.29 is 9.47 Å². The lowest BCUT2D eigenvalue weighted by Crippen LogP contribution is -1.89. The summed E-state index contributed by atoms with van der Waals surface area (Å²) in [5.74, 6) is 1.43. The van der Waals surface area contributed by atoms with E-state index >= 15 is 0 Å². The van der Waals surface area contributed by atoms with E-state index in [2.05, 4.69) is 4.98 Å². The SMILES string of the molecule is COc1cc(OC)cc(-c2ccc(C#N)nc2)c1. The summed E-state index contributed by atoms with van der Waals surface area (Å²) < 4.78 is 10.4. The van der Waals surface area contributed by atoms with Crippen LogP contribution in [0.3, 0.4) is 0 Å². The van der Waals surface area contributed by atoms with Gasteiger partial charge in [-0.3, -0.25) is 0 Å². The molecule has 1 aromatic heterocycles. The van der Waals surface area contributed by atoms with Crippen LogP contribution in [0.4, 0.5) is 0 Å². The molecule has 1 aromatic carbocycles. The molecule has 4 nitrogen and oxygen atoms in total. The van der Waals surface area contributed by atoms with Crippen LogP contribution in [0.2, 0.25) is 0 Å². The fourth-order valence-corrected chi connectivity index (χ4v) is 1.60. The third-order valence-electron chi connectivity index (χ3n) is 2.56. The molecule has 0 fully saturated rings. The summed E-state index contributed by atoms with van der Waals surface area (Å²) in [4.78, 5) is 4.04. The molecule has 0 aliphatic rings. The quantitative estimate of drug-likeness (QED) is 0.827. The van der Waals surface area contributed by atoms with Crippen molar-refractivity contribution in [1.82, 2.24) is 4.98 Å². The van der Waals surface area contributed by atoms with Crippen LogP contribution in [0.25, 0.3) is 11.1 Å². The highest BCUT2D eigenvalue weighted by molar-refractivity contribution is 5.66. The molecule has 2 rings (SSSR count). The Kier molecular flexibility index (Phi) is 3.44. The number of nitrogens with zero attached hydrogens (tertiary/aromatic N) is 2. The van der Waals surface area contributed by atoms with Crippen LogP contribution in [0.15, 0.2) is 36.5 Å². The summed E-state index contributed by atoms with van der Waals surface area (Å²) in [6.45, 7) is 0. The highest BCUT2D eigenvalue weighted by Gasteiger charge is 2.04. The number of aromatic nitrogens is 1. The summed E-state index contributed by atoms with van der Waals surface area (Å²) in [6.07, 6.45) is 1.66. The second-order valence-electron chi connectivity index (χ2n) is 3.65. The molecule has 0 amide bonds. The first-order valence-electron chi connectivity index (χ1n) is 5.36. The molecule has 4 heteroatoms. The van der Waals surface area contributed by atoms with Gasteiger partial charge in [-0.2, -0.15) is 5.26 Å². The largest absolute Gasteiger partial charge is 0.497 e. The lowest BCUT2D eigenvalue weighted by atomic mass is 10.1. The van der Waals surface area contributed by atoms with Crippen LogP contribution in [0.5, 0.6) is 11.5 Å². The Morgan fingerprint density at radius 2 is 1.67 bits per heavy atom. The normalized spacial score (nSPS) is 9.61. The van der Waals surface area contributed by atoms with E-state index in [0.29, 0.717) is 17.2 Å². The van der Waals surface area contributed by atoms with Crippen molar-refractivity contribution in [2.45, 2.75) is 0 Å². The highest BCUT2D eigenvalue weighted by Crippen LogP contribution is 2.29. The van der Waals surface area contributed by atoms with Gasteiger partial charge in [-0.25, -0.2) is 4.98 Å². The number of nitriles is 1. The smallest absolute Gasteiger partial charge is 0.140 e. The van der Waals surface area contributed by atoms with E-state index in [1.807, 2.05) is 24.3 Å². The monoisotopic (exact) mass is 240 g/mol. The fourth-order valence-electron chi connectivity index (χ4n) is 1.60. The molecular formula is C14H12N2O2. The van der Waals surface area contributed by atoms with Gasteiger partial charge in [0.1, 0.15) is 23.3 Å². The maximum atomic E-state index is 8.71. The maximum absolute atomic E-state index is 8.71. The molecule has 2 aromatic rings. The number of benzene rings is 1. The number of ether oxygens (including phenoxy) is 2. The standard InChI is InChI=1S/C14H12N2O2/c1-17-13-5-11(6-14(7-13)18-2)10-3-4-12(8-15)16-9-10/h3-7,9H,1-2H3. The van der Waals surface area contributed by atoms with E-state index in [0.717, 1.165) is 11.1 Å². The second kappa shape index (κ2) is 5.19. The zero-order chi connectivity index (χ0) is 13.0. The molecule has 0 spiro atoms. The third-order valence-corrected chi connectivity index (χ3v) is 2.56. The van der Waals surface area contributed by atoms with Crippen molar-refractivity contribution >= 4 is 0 Å². The molecule has 0 atom stereocenters. The van der Waals surface area contributed by atoms with Gasteiger partial charge in [0.05, 0.1) is 14.2 Å². The van der Waals surface area contributed by atoms with E-state index in [9.17, 15) is 0 Å². The van der Waals surface area contributed by atoms with E-state index in [4.69, 9.17) is 14.7 Å². The first-order chi connectivity index (χ1) is 8.76. The van der Waals surface area contributed by atoms with E-state index in [1.165, 1.54) is 0 Å². The average Bonchev–Trinajstić information content (AvgIpc) is 2.46. The first kappa shape index (κ1) is 11.9. The second-order valence-corrected chi connectivity index (χ2v) is 3.65. The van der Waals surface area contributed by atoms with Crippen LogP contribution in [-0.4, -0.2) is 19.2 Å². The molecule has 0 unspecified atom stereocenters. The molecule has 0 saturated carbocycles. The third kappa shape index (κ3) is 2.41. The van der Waals surface area contributed by atoms with Crippen molar-refractivity contribution in [1.29, 1.82) is 5.26 Å². The number of pyridine rings is 1. The van der Waals surface area contributed by atoms with Gasteiger partial charge in [-0.05, 0) is 29.8 Å². The Hall–Kier alpha value is -2.54. The predicted molar refractivity (Wildman–Crippen MR) is 67.5 cm³/mol. The van der Waals surface area contributed by atoms with Crippen molar-refractivity contribution in [3.8, 4) is 28.7 Å². The zero-order valence-electron chi connectivity index (χ0n) is 10.2. The molecule has 0 bridgehead atoms. The van der Waals surface area contributed by atoms with Gasteiger partial charge in [0.2, 0.25) is 0 Å². The average molecular weight is 240 g/mol. The zero-order valence-corrected chi connectivity index (χ0v) is 10.2. The van der Waals surface area contributed by atoms with Gasteiger partial charge in [-0.15, -0.1) is 0 Å². The summed E-state index contributed by atoms with van der Waals surface area (Å²) in [7, 11) is 3.21. The van der Waals surface area contributed by atoms with Gasteiger partial charge in [-0.1, -0.05) is 0 Å². The van der Waals surface area contributed by atoms with Crippen LogP contribution < -0.4 is 9.47 Å². The van der Waals surface area contributed by atoms with Gasteiger partial charge in [0, 0.05) is 17.8 Å². The Morgan fingerprint density at radius 3 is 2.11 bits per heavy atom. The minimum absolute atomic E-state index is 0.397. The Balaban J connectivity index is 2.45. The van der Waals surface area contributed by atoms with Crippen molar-refractivity contribution in [2.24, 2.45) is 0 Å². The Morgan fingerprint density at radius 1 is 1.00 bits per heavy atom. The van der Waals surface area contributed by atoms with Crippen LogP contribution in [-0.2, 0) is 0 Å². The van der Waals surface area contributed by atoms with Gasteiger partial charge in [0.25, 0.3) is 0 Å². The van der Waals surface area contributed by atoms with Crippen molar-refractivity contribution in [2.75, 3.05) is 14.2 Å². The van der Waals surface area contributed by atoms with E-state index < -0.39 is 0 Å². The van der Waals surface area contributed by atoms with Crippen LogP contribution in [0, 0.1) is 11.3 Å². The van der Waals surface area contributed by atoms with Gasteiger partial charge >= 0.3 is 0 Å².